The summed E-state index contributed by atoms with van der Waals surface area (Å²) in [5.74, 6) is -1.50. The van der Waals surface area contributed by atoms with Crippen molar-refractivity contribution in [2.45, 2.75) is 13.5 Å². The van der Waals surface area contributed by atoms with Crippen molar-refractivity contribution >= 4 is 22.8 Å². The van der Waals surface area contributed by atoms with Gasteiger partial charge in [0.2, 0.25) is 0 Å². The molecule has 30 heavy (non-hydrogen) atoms. The van der Waals surface area contributed by atoms with Crippen LogP contribution in [0.3, 0.4) is 0 Å². The maximum Gasteiger partial charge on any atom is 0.339 e. The van der Waals surface area contributed by atoms with E-state index in [4.69, 9.17) is 4.74 Å². The molecular formula is C23H18FN3O3. The summed E-state index contributed by atoms with van der Waals surface area (Å²) in [5.41, 5.74) is 2.57. The predicted octanol–water partition coefficient (Wildman–Crippen LogP) is 4.30. The minimum absolute atomic E-state index is 0.271. The number of fused-ring (bicyclic) bond motifs is 1. The van der Waals surface area contributed by atoms with E-state index in [-0.39, 0.29) is 11.1 Å². The highest BCUT2D eigenvalue weighted by atomic mass is 19.1. The number of carbonyl (C=O) groups excluding carboxylic acids is 2. The van der Waals surface area contributed by atoms with Crippen LogP contribution in [-0.4, -0.2) is 33.1 Å². The number of esters is 1. The van der Waals surface area contributed by atoms with E-state index in [1.807, 2.05) is 37.3 Å². The molecular weight excluding hydrogens is 385 g/mol. The van der Waals surface area contributed by atoms with Gasteiger partial charge in [-0.05, 0) is 37.3 Å². The van der Waals surface area contributed by atoms with E-state index < -0.39 is 24.2 Å². The monoisotopic (exact) mass is 403 g/mol. The Bertz CT molecular complexity index is 1220. The Labute approximate surface area is 171 Å². The lowest BCUT2D eigenvalue weighted by Gasteiger charge is -2.09. The largest absolute Gasteiger partial charge is 0.454 e. The molecule has 2 aromatic carbocycles. The van der Waals surface area contributed by atoms with E-state index in [1.165, 1.54) is 24.3 Å². The number of aryl methyl sites for hydroxylation is 1. The molecule has 4 rings (SSSR count). The SMILES string of the molecule is CCn1ncc2c(C(=O)OCC(=O)c3ccc(F)cc3)cc(-c3ccccc3)nc21. The summed E-state index contributed by atoms with van der Waals surface area (Å²) in [6, 6.07) is 16.2. The van der Waals surface area contributed by atoms with Crippen molar-refractivity contribution in [2.24, 2.45) is 0 Å². The number of carbonyl (C=O) groups is 2. The normalized spacial score (nSPS) is 10.9. The zero-order valence-electron chi connectivity index (χ0n) is 16.2. The van der Waals surface area contributed by atoms with E-state index >= 15 is 0 Å². The van der Waals surface area contributed by atoms with E-state index in [2.05, 4.69) is 10.1 Å². The predicted molar refractivity (Wildman–Crippen MR) is 110 cm³/mol. The number of Topliss-reactive ketones (excluding diaryl/α,β-unsaturated/α-hetero) is 1. The van der Waals surface area contributed by atoms with Gasteiger partial charge in [0.05, 0.1) is 22.8 Å². The Balaban J connectivity index is 1.65. The van der Waals surface area contributed by atoms with Crippen molar-refractivity contribution in [1.82, 2.24) is 14.8 Å². The number of hydrogen-bond acceptors (Lipinski definition) is 5. The first kappa shape index (κ1) is 19.4. The van der Waals surface area contributed by atoms with Crippen LogP contribution in [0.1, 0.15) is 27.6 Å². The van der Waals surface area contributed by atoms with Crippen LogP contribution in [0.4, 0.5) is 4.39 Å². The molecule has 6 nitrogen and oxygen atoms in total. The van der Waals surface area contributed by atoms with Gasteiger partial charge in [0.25, 0.3) is 0 Å². The molecule has 0 aliphatic heterocycles. The molecule has 0 atom stereocenters. The molecule has 0 fully saturated rings. The molecule has 0 aliphatic rings. The molecule has 0 spiro atoms. The number of ketones is 1. The topological polar surface area (TPSA) is 74.1 Å². The number of hydrogen-bond donors (Lipinski definition) is 0. The molecule has 2 aromatic heterocycles. The van der Waals surface area contributed by atoms with Crippen LogP contribution in [0, 0.1) is 5.82 Å². The van der Waals surface area contributed by atoms with Crippen LogP contribution in [-0.2, 0) is 11.3 Å². The van der Waals surface area contributed by atoms with Crippen LogP contribution < -0.4 is 0 Å². The van der Waals surface area contributed by atoms with Gasteiger partial charge in [-0.25, -0.2) is 18.9 Å². The highest BCUT2D eigenvalue weighted by molar-refractivity contribution is 6.05. The van der Waals surface area contributed by atoms with Crippen molar-refractivity contribution < 1.29 is 18.7 Å². The second-order valence-electron chi connectivity index (χ2n) is 6.62. The molecule has 0 bridgehead atoms. The van der Waals surface area contributed by atoms with E-state index in [1.54, 1.807) is 16.9 Å². The highest BCUT2D eigenvalue weighted by Gasteiger charge is 2.19. The van der Waals surface area contributed by atoms with Gasteiger partial charge in [0, 0.05) is 17.7 Å². The quantitative estimate of drug-likeness (QED) is 0.355. The van der Waals surface area contributed by atoms with Gasteiger partial charge in [0.15, 0.2) is 18.0 Å². The van der Waals surface area contributed by atoms with E-state index in [9.17, 15) is 14.0 Å². The lowest BCUT2D eigenvalue weighted by atomic mass is 10.1. The van der Waals surface area contributed by atoms with Gasteiger partial charge in [-0.15, -0.1) is 0 Å². The standard InChI is InChI=1S/C23H18FN3O3/c1-2-27-22-19(13-25-27)18(12-20(26-22)15-6-4-3-5-7-15)23(29)30-14-21(28)16-8-10-17(24)11-9-16/h3-13H,2,14H2,1H3. The Hall–Kier alpha value is -3.87. The summed E-state index contributed by atoms with van der Waals surface area (Å²) in [7, 11) is 0. The zero-order valence-corrected chi connectivity index (χ0v) is 16.2. The number of ether oxygens (including phenoxy) is 1. The summed E-state index contributed by atoms with van der Waals surface area (Å²) in [6.07, 6.45) is 1.57. The second-order valence-corrected chi connectivity index (χ2v) is 6.62. The van der Waals surface area contributed by atoms with Crippen LogP contribution >= 0.6 is 0 Å². The number of aromatic nitrogens is 3. The van der Waals surface area contributed by atoms with Crippen molar-refractivity contribution in [3.63, 3.8) is 0 Å². The third kappa shape index (κ3) is 3.82. The first-order chi connectivity index (χ1) is 14.6. The maximum absolute atomic E-state index is 13.0. The molecule has 0 amide bonds. The number of rotatable bonds is 6. The lowest BCUT2D eigenvalue weighted by molar-refractivity contribution is 0.0476. The molecule has 0 aliphatic carbocycles. The Morgan fingerprint density at radius 2 is 1.80 bits per heavy atom. The highest BCUT2D eigenvalue weighted by Crippen LogP contribution is 2.25. The first-order valence-corrected chi connectivity index (χ1v) is 9.44. The Morgan fingerprint density at radius 1 is 1.07 bits per heavy atom. The molecule has 0 radical (unpaired) electrons. The van der Waals surface area contributed by atoms with E-state index in [0.29, 0.717) is 23.3 Å². The second kappa shape index (κ2) is 8.24. The average Bonchev–Trinajstić information content (AvgIpc) is 3.20. The number of nitrogens with zero attached hydrogens (tertiary/aromatic N) is 3. The Kier molecular flexibility index (Phi) is 5.34. The minimum Gasteiger partial charge on any atom is -0.454 e. The fourth-order valence-electron chi connectivity index (χ4n) is 3.13. The summed E-state index contributed by atoms with van der Waals surface area (Å²) >= 11 is 0. The molecule has 0 saturated carbocycles. The third-order valence-electron chi connectivity index (χ3n) is 4.70. The van der Waals surface area contributed by atoms with Gasteiger partial charge in [0.1, 0.15) is 5.82 Å². The molecule has 150 valence electrons. The van der Waals surface area contributed by atoms with Crippen LogP contribution in [0.15, 0.2) is 66.9 Å². The molecule has 7 heteroatoms. The molecule has 0 N–H and O–H groups in total. The molecule has 4 aromatic rings. The van der Waals surface area contributed by atoms with Gasteiger partial charge < -0.3 is 4.74 Å². The zero-order chi connectivity index (χ0) is 21.1. The van der Waals surface area contributed by atoms with Crippen LogP contribution in [0.2, 0.25) is 0 Å². The first-order valence-electron chi connectivity index (χ1n) is 9.44. The molecule has 2 heterocycles. The van der Waals surface area contributed by atoms with Crippen LogP contribution in [0.25, 0.3) is 22.3 Å². The van der Waals surface area contributed by atoms with Gasteiger partial charge in [-0.1, -0.05) is 30.3 Å². The summed E-state index contributed by atoms with van der Waals surface area (Å²) in [6.45, 7) is 2.08. The number of halogens is 1. The lowest BCUT2D eigenvalue weighted by Crippen LogP contribution is -2.15. The third-order valence-corrected chi connectivity index (χ3v) is 4.70. The van der Waals surface area contributed by atoms with Crippen molar-refractivity contribution in [3.8, 4) is 11.3 Å². The summed E-state index contributed by atoms with van der Waals surface area (Å²) < 4.78 is 20.0. The Morgan fingerprint density at radius 3 is 2.50 bits per heavy atom. The fourth-order valence-corrected chi connectivity index (χ4v) is 3.13. The average molecular weight is 403 g/mol. The van der Waals surface area contributed by atoms with Crippen molar-refractivity contribution in [1.29, 1.82) is 0 Å². The molecule has 0 saturated heterocycles. The van der Waals surface area contributed by atoms with Gasteiger partial charge in [-0.2, -0.15) is 5.10 Å². The number of pyridine rings is 1. The molecule has 0 unspecified atom stereocenters. The van der Waals surface area contributed by atoms with Gasteiger partial charge >= 0.3 is 5.97 Å². The fraction of sp³-hybridized carbons (Fsp3) is 0.130. The van der Waals surface area contributed by atoms with Crippen LogP contribution in [0.5, 0.6) is 0 Å². The minimum atomic E-state index is -0.648. The summed E-state index contributed by atoms with van der Waals surface area (Å²) in [4.78, 5) is 29.8. The summed E-state index contributed by atoms with van der Waals surface area (Å²) in [5, 5.41) is 4.84. The van der Waals surface area contributed by atoms with Crippen molar-refractivity contribution in [2.75, 3.05) is 6.61 Å². The maximum atomic E-state index is 13.0. The smallest absolute Gasteiger partial charge is 0.339 e. The van der Waals surface area contributed by atoms with E-state index in [0.717, 1.165) is 5.56 Å². The van der Waals surface area contributed by atoms with Crippen molar-refractivity contribution in [3.05, 3.63) is 83.8 Å². The van der Waals surface area contributed by atoms with Gasteiger partial charge in [-0.3, -0.25) is 4.79 Å². The number of benzene rings is 2.